The van der Waals surface area contributed by atoms with Crippen LogP contribution in [0.2, 0.25) is 0 Å². The molecule has 0 radical (unpaired) electrons. The minimum absolute atomic E-state index is 0.227. The van der Waals surface area contributed by atoms with Crippen LogP contribution >= 0.6 is 0 Å². The molecular weight excluding hydrogens is 248 g/mol. The molecule has 0 saturated heterocycles. The number of ether oxygens (including phenoxy) is 1. The van der Waals surface area contributed by atoms with E-state index < -0.39 is 28.8 Å². The number of nitrogens with zero attached hydrogens (tertiary/aromatic N) is 1. The maximum absolute atomic E-state index is 12.2. The third kappa shape index (κ3) is 2.99. The second kappa shape index (κ2) is 5.52. The number of nitro benzene ring substituents is 1. The van der Waals surface area contributed by atoms with E-state index in [0.717, 1.165) is 13.0 Å². The number of nitro groups is 1. The minimum Gasteiger partial charge on any atom is -0.427 e. The van der Waals surface area contributed by atoms with Crippen molar-refractivity contribution in [2.45, 2.75) is 26.9 Å². The van der Waals surface area contributed by atoms with Gasteiger partial charge in [-0.1, -0.05) is 6.92 Å². The lowest BCUT2D eigenvalue weighted by atomic mass is 10.0. The zero-order valence-corrected chi connectivity index (χ0v) is 9.78. The molecule has 5 nitrogen and oxygen atoms in total. The first-order chi connectivity index (χ1) is 8.36. The summed E-state index contributed by atoms with van der Waals surface area (Å²) >= 11 is 0. The number of rotatable bonds is 5. The van der Waals surface area contributed by atoms with Gasteiger partial charge >= 0.3 is 12.3 Å². The van der Waals surface area contributed by atoms with Gasteiger partial charge in [-0.2, -0.15) is 8.78 Å². The Morgan fingerprint density at radius 3 is 2.50 bits per heavy atom. The average Bonchev–Trinajstić information content (AvgIpc) is 2.26. The molecule has 18 heavy (non-hydrogen) atoms. The van der Waals surface area contributed by atoms with Crippen molar-refractivity contribution in [2.24, 2.45) is 0 Å². The third-order valence-corrected chi connectivity index (χ3v) is 2.32. The topological polar surface area (TPSA) is 69.4 Å². The zero-order valence-electron chi connectivity index (χ0n) is 9.78. The van der Waals surface area contributed by atoms with Gasteiger partial charge in [0, 0.05) is 0 Å². The molecule has 0 bridgehead atoms. The predicted molar refractivity (Wildman–Crippen MR) is 59.1 cm³/mol. The van der Waals surface area contributed by atoms with E-state index in [1.807, 2.05) is 0 Å². The number of aryl methyl sites for hydroxylation is 1. The number of Topliss-reactive ketones (excluding diaryl/α,β-unsaturated/α-hetero) is 1. The van der Waals surface area contributed by atoms with Crippen LogP contribution < -0.4 is 4.74 Å². The van der Waals surface area contributed by atoms with Crippen LogP contribution in [0.4, 0.5) is 14.5 Å². The molecule has 0 aliphatic carbocycles. The third-order valence-electron chi connectivity index (χ3n) is 2.32. The van der Waals surface area contributed by atoms with Crippen LogP contribution in [0, 0.1) is 10.1 Å². The van der Waals surface area contributed by atoms with Crippen LogP contribution in [0.25, 0.3) is 0 Å². The standard InChI is InChI=1S/C11H11F2NO4/c1-3-7-4-8(6(2)15)10(14(16)17)9(5-7)18-11(12)13/h4-5,11H,3H2,1-2H3. The van der Waals surface area contributed by atoms with E-state index in [9.17, 15) is 23.7 Å². The van der Waals surface area contributed by atoms with Crippen LogP contribution in [0.3, 0.4) is 0 Å². The Morgan fingerprint density at radius 2 is 2.11 bits per heavy atom. The minimum atomic E-state index is -3.18. The molecule has 0 amide bonds. The highest BCUT2D eigenvalue weighted by atomic mass is 19.3. The number of carbonyl (C=O) groups excluding carboxylic acids is 1. The fourth-order valence-corrected chi connectivity index (χ4v) is 1.51. The van der Waals surface area contributed by atoms with E-state index in [0.29, 0.717) is 12.0 Å². The Balaban J connectivity index is 3.49. The number of ketones is 1. The SMILES string of the molecule is CCc1cc(OC(F)F)c([N+](=O)[O-])c(C(C)=O)c1. The van der Waals surface area contributed by atoms with Gasteiger partial charge in [0.15, 0.2) is 5.78 Å². The molecule has 7 heteroatoms. The largest absolute Gasteiger partial charge is 0.427 e. The Hall–Kier alpha value is -2.05. The Labute approximate surface area is 102 Å². The molecule has 0 aliphatic heterocycles. The molecule has 0 aromatic heterocycles. The van der Waals surface area contributed by atoms with E-state index >= 15 is 0 Å². The molecule has 0 saturated carbocycles. The van der Waals surface area contributed by atoms with Crippen molar-refractivity contribution >= 4 is 11.5 Å². The first-order valence-corrected chi connectivity index (χ1v) is 5.13. The highest BCUT2D eigenvalue weighted by Crippen LogP contribution is 2.34. The van der Waals surface area contributed by atoms with Gasteiger partial charge in [-0.25, -0.2) is 0 Å². The number of benzene rings is 1. The highest BCUT2D eigenvalue weighted by molar-refractivity contribution is 5.99. The molecule has 1 rings (SSSR count). The van der Waals surface area contributed by atoms with E-state index in [1.54, 1.807) is 6.92 Å². The van der Waals surface area contributed by atoms with Gasteiger partial charge in [0.05, 0.1) is 10.5 Å². The van der Waals surface area contributed by atoms with Crippen molar-refractivity contribution in [1.82, 2.24) is 0 Å². The Morgan fingerprint density at radius 1 is 1.50 bits per heavy atom. The number of alkyl halides is 2. The zero-order chi connectivity index (χ0) is 13.9. The molecule has 0 heterocycles. The van der Waals surface area contributed by atoms with E-state index in [4.69, 9.17) is 0 Å². The summed E-state index contributed by atoms with van der Waals surface area (Å²) in [5.41, 5.74) is -0.434. The van der Waals surface area contributed by atoms with Crippen molar-refractivity contribution in [3.63, 3.8) is 0 Å². The maximum Gasteiger partial charge on any atom is 0.387 e. The van der Waals surface area contributed by atoms with Gasteiger partial charge in [0.1, 0.15) is 0 Å². The van der Waals surface area contributed by atoms with Crippen LogP contribution in [0.1, 0.15) is 29.8 Å². The van der Waals surface area contributed by atoms with Crippen LogP contribution in [0.5, 0.6) is 5.75 Å². The summed E-state index contributed by atoms with van der Waals surface area (Å²) in [7, 11) is 0. The van der Waals surface area contributed by atoms with Gasteiger partial charge in [-0.05, 0) is 31.0 Å². The summed E-state index contributed by atoms with van der Waals surface area (Å²) in [6.45, 7) is -0.318. The summed E-state index contributed by atoms with van der Waals surface area (Å²) in [6, 6.07) is 2.47. The molecule has 98 valence electrons. The van der Waals surface area contributed by atoms with Gasteiger partial charge < -0.3 is 4.74 Å². The van der Waals surface area contributed by atoms with E-state index in [-0.39, 0.29) is 5.56 Å². The fourth-order valence-electron chi connectivity index (χ4n) is 1.51. The molecule has 0 N–H and O–H groups in total. The fraction of sp³-hybridized carbons (Fsp3) is 0.364. The maximum atomic E-state index is 12.2. The number of hydrogen-bond acceptors (Lipinski definition) is 4. The molecule has 0 fully saturated rings. The van der Waals surface area contributed by atoms with Gasteiger partial charge in [0.2, 0.25) is 5.75 Å². The summed E-state index contributed by atoms with van der Waals surface area (Å²) in [5.74, 6) is -1.16. The van der Waals surface area contributed by atoms with Gasteiger partial charge in [-0.3, -0.25) is 14.9 Å². The molecule has 0 aliphatic rings. The van der Waals surface area contributed by atoms with Crippen molar-refractivity contribution < 1.29 is 23.2 Å². The summed E-state index contributed by atoms with van der Waals surface area (Å²) < 4.78 is 28.5. The van der Waals surface area contributed by atoms with Crippen molar-refractivity contribution in [1.29, 1.82) is 0 Å². The number of hydrogen-bond donors (Lipinski definition) is 0. The van der Waals surface area contributed by atoms with E-state index in [1.165, 1.54) is 6.07 Å². The van der Waals surface area contributed by atoms with Crippen molar-refractivity contribution in [2.75, 3.05) is 0 Å². The Bertz CT molecular complexity index is 488. The van der Waals surface area contributed by atoms with Crippen LogP contribution in [-0.2, 0) is 6.42 Å². The lowest BCUT2D eigenvalue weighted by Gasteiger charge is -2.09. The number of halogens is 2. The second-order valence-corrected chi connectivity index (χ2v) is 3.54. The first-order valence-electron chi connectivity index (χ1n) is 5.13. The average molecular weight is 259 g/mol. The summed E-state index contributed by atoms with van der Waals surface area (Å²) in [6.07, 6.45) is 0.442. The first kappa shape index (κ1) is 14.0. The quantitative estimate of drug-likeness (QED) is 0.463. The summed E-state index contributed by atoms with van der Waals surface area (Å²) in [4.78, 5) is 21.3. The van der Waals surface area contributed by atoms with Gasteiger partial charge in [0.25, 0.3) is 0 Å². The molecule has 1 aromatic carbocycles. The lowest BCUT2D eigenvalue weighted by molar-refractivity contribution is -0.386. The molecule has 0 atom stereocenters. The highest BCUT2D eigenvalue weighted by Gasteiger charge is 2.26. The van der Waals surface area contributed by atoms with Crippen LogP contribution in [-0.4, -0.2) is 17.3 Å². The summed E-state index contributed by atoms with van der Waals surface area (Å²) in [5, 5.41) is 10.9. The second-order valence-electron chi connectivity index (χ2n) is 3.54. The predicted octanol–water partition coefficient (Wildman–Crippen LogP) is 2.96. The Kier molecular flexibility index (Phi) is 4.30. The van der Waals surface area contributed by atoms with Crippen molar-refractivity contribution in [3.8, 4) is 5.75 Å². The smallest absolute Gasteiger partial charge is 0.387 e. The lowest BCUT2D eigenvalue weighted by Crippen LogP contribution is -2.09. The van der Waals surface area contributed by atoms with Crippen molar-refractivity contribution in [3.05, 3.63) is 33.4 Å². The molecule has 1 aromatic rings. The van der Waals surface area contributed by atoms with Gasteiger partial charge in [-0.15, -0.1) is 0 Å². The molecular formula is C11H11F2NO4. The monoisotopic (exact) mass is 259 g/mol. The normalized spacial score (nSPS) is 10.5. The molecule has 0 unspecified atom stereocenters. The number of carbonyl (C=O) groups is 1. The van der Waals surface area contributed by atoms with Crippen LogP contribution in [0.15, 0.2) is 12.1 Å². The van der Waals surface area contributed by atoms with E-state index in [2.05, 4.69) is 4.74 Å². The molecule has 0 spiro atoms.